The Bertz CT molecular complexity index is 601. The van der Waals surface area contributed by atoms with Crippen LogP contribution in [0.1, 0.15) is 25.8 Å². The maximum absolute atomic E-state index is 12.6. The number of nitrogens with zero attached hydrogens (tertiary/aromatic N) is 1. The molecule has 3 N–H and O–H groups in total. The number of carbonyl (C=O) groups is 1. The summed E-state index contributed by atoms with van der Waals surface area (Å²) >= 11 is 0. The number of nitrogens with one attached hydrogen (secondary N) is 1. The summed E-state index contributed by atoms with van der Waals surface area (Å²) < 4.78 is 26.5. The Kier molecular flexibility index (Phi) is 8.62. The molecule has 0 heterocycles. The maximum Gasteiger partial charge on any atom is 0.243 e. The van der Waals surface area contributed by atoms with Crippen LogP contribution in [0.3, 0.4) is 0 Å². The number of anilines is 1. The van der Waals surface area contributed by atoms with Crippen LogP contribution in [0.25, 0.3) is 0 Å². The minimum atomic E-state index is -3.55. The third-order valence-electron chi connectivity index (χ3n) is 3.17. The highest BCUT2D eigenvalue weighted by atomic mass is 35.5. The summed E-state index contributed by atoms with van der Waals surface area (Å²) in [6, 6.07) is 4.87. The first-order valence-electron chi connectivity index (χ1n) is 6.97. The predicted octanol–water partition coefficient (Wildman–Crippen LogP) is 1.73. The van der Waals surface area contributed by atoms with E-state index in [0.29, 0.717) is 24.3 Å². The molecule has 6 nitrogen and oxygen atoms in total. The van der Waals surface area contributed by atoms with Crippen molar-refractivity contribution in [3.05, 3.63) is 23.8 Å². The molecule has 126 valence electrons. The molecule has 22 heavy (non-hydrogen) atoms. The van der Waals surface area contributed by atoms with Crippen LogP contribution in [0.5, 0.6) is 0 Å². The number of aryl methyl sites for hydroxylation is 1. The fourth-order valence-electron chi connectivity index (χ4n) is 2.01. The average Bonchev–Trinajstić information content (AvgIpc) is 2.42. The lowest BCUT2D eigenvalue weighted by atomic mass is 10.2. The lowest BCUT2D eigenvalue weighted by Gasteiger charge is -2.20. The van der Waals surface area contributed by atoms with Crippen molar-refractivity contribution in [2.75, 3.05) is 25.0 Å². The highest BCUT2D eigenvalue weighted by Gasteiger charge is 2.23. The van der Waals surface area contributed by atoms with Gasteiger partial charge in [-0.15, -0.1) is 12.4 Å². The van der Waals surface area contributed by atoms with Gasteiger partial charge in [-0.05, 0) is 24.6 Å². The minimum absolute atomic E-state index is 0. The van der Waals surface area contributed by atoms with E-state index in [0.717, 1.165) is 0 Å². The Labute approximate surface area is 138 Å². The first-order chi connectivity index (χ1) is 9.86. The molecule has 0 aliphatic heterocycles. The molecule has 0 aliphatic carbocycles. The summed E-state index contributed by atoms with van der Waals surface area (Å²) in [5.74, 6) is -0.229. The molecule has 0 atom stereocenters. The van der Waals surface area contributed by atoms with Gasteiger partial charge < -0.3 is 11.1 Å². The molecule has 0 aromatic heterocycles. The van der Waals surface area contributed by atoms with Crippen molar-refractivity contribution in [2.45, 2.75) is 32.1 Å². The second-order valence-corrected chi connectivity index (χ2v) is 6.56. The zero-order valence-corrected chi connectivity index (χ0v) is 14.8. The number of sulfonamides is 1. The van der Waals surface area contributed by atoms with Crippen LogP contribution in [0.15, 0.2) is 23.1 Å². The standard InChI is InChI=1S/C14H23N3O3S.ClH/c1-4-17(5-2)21(19,20)13-10-12(7-6-11(13)3)16-14(18)8-9-15;/h6-7,10H,4-5,8-9,15H2,1-3H3,(H,16,18);1H. The van der Waals surface area contributed by atoms with Crippen LogP contribution in [0, 0.1) is 6.92 Å². The Morgan fingerprint density at radius 2 is 1.86 bits per heavy atom. The van der Waals surface area contributed by atoms with E-state index in [9.17, 15) is 13.2 Å². The molecule has 1 aromatic carbocycles. The fourth-order valence-corrected chi connectivity index (χ4v) is 3.72. The quantitative estimate of drug-likeness (QED) is 0.784. The summed E-state index contributed by atoms with van der Waals surface area (Å²) in [5.41, 5.74) is 6.43. The van der Waals surface area contributed by atoms with Gasteiger partial charge in [-0.25, -0.2) is 8.42 Å². The van der Waals surface area contributed by atoms with E-state index in [1.807, 2.05) is 0 Å². The van der Waals surface area contributed by atoms with Crippen molar-refractivity contribution < 1.29 is 13.2 Å². The van der Waals surface area contributed by atoms with E-state index in [2.05, 4.69) is 5.32 Å². The van der Waals surface area contributed by atoms with Crippen molar-refractivity contribution >= 4 is 34.0 Å². The third kappa shape index (κ3) is 4.95. The molecule has 0 bridgehead atoms. The molecule has 0 fully saturated rings. The van der Waals surface area contributed by atoms with Gasteiger partial charge in [-0.2, -0.15) is 4.31 Å². The van der Waals surface area contributed by atoms with E-state index < -0.39 is 10.0 Å². The third-order valence-corrected chi connectivity index (χ3v) is 5.36. The topological polar surface area (TPSA) is 92.5 Å². The Balaban J connectivity index is 0.00000441. The van der Waals surface area contributed by atoms with Gasteiger partial charge in [0.25, 0.3) is 0 Å². The molecule has 0 saturated carbocycles. The number of halogens is 1. The van der Waals surface area contributed by atoms with Gasteiger partial charge in [0.1, 0.15) is 0 Å². The van der Waals surface area contributed by atoms with Crippen molar-refractivity contribution in [2.24, 2.45) is 5.73 Å². The van der Waals surface area contributed by atoms with Crippen LogP contribution < -0.4 is 11.1 Å². The van der Waals surface area contributed by atoms with Gasteiger partial charge in [-0.1, -0.05) is 19.9 Å². The van der Waals surface area contributed by atoms with Gasteiger partial charge in [0.05, 0.1) is 4.90 Å². The summed E-state index contributed by atoms with van der Waals surface area (Å²) in [4.78, 5) is 11.8. The molecular formula is C14H24ClN3O3S. The van der Waals surface area contributed by atoms with Gasteiger partial charge in [-0.3, -0.25) is 4.79 Å². The summed E-state index contributed by atoms with van der Waals surface area (Å²) in [6.45, 7) is 6.39. The molecule has 0 radical (unpaired) electrons. The zero-order chi connectivity index (χ0) is 16.0. The maximum atomic E-state index is 12.6. The number of amides is 1. The van der Waals surface area contributed by atoms with E-state index in [4.69, 9.17) is 5.73 Å². The smallest absolute Gasteiger partial charge is 0.243 e. The first-order valence-corrected chi connectivity index (χ1v) is 8.41. The number of nitrogens with two attached hydrogens (primary N) is 1. The van der Waals surface area contributed by atoms with Crippen molar-refractivity contribution in [1.29, 1.82) is 0 Å². The highest BCUT2D eigenvalue weighted by molar-refractivity contribution is 7.89. The molecule has 0 spiro atoms. The second-order valence-electron chi connectivity index (χ2n) is 4.66. The molecule has 0 aliphatic rings. The van der Waals surface area contributed by atoms with Crippen LogP contribution >= 0.6 is 12.4 Å². The number of hydrogen-bond donors (Lipinski definition) is 2. The Morgan fingerprint density at radius 1 is 1.27 bits per heavy atom. The van der Waals surface area contributed by atoms with E-state index in [1.54, 1.807) is 32.9 Å². The minimum Gasteiger partial charge on any atom is -0.330 e. The normalized spacial score (nSPS) is 11.1. The Hall–Kier alpha value is -1.15. The average molecular weight is 350 g/mol. The predicted molar refractivity (Wildman–Crippen MR) is 90.8 cm³/mol. The van der Waals surface area contributed by atoms with Crippen LogP contribution in [-0.2, 0) is 14.8 Å². The molecule has 1 rings (SSSR count). The van der Waals surface area contributed by atoms with Gasteiger partial charge >= 0.3 is 0 Å². The summed E-state index contributed by atoms with van der Waals surface area (Å²) in [7, 11) is -3.55. The number of benzene rings is 1. The fraction of sp³-hybridized carbons (Fsp3) is 0.500. The second kappa shape index (κ2) is 9.09. The van der Waals surface area contributed by atoms with Crippen LogP contribution in [0.4, 0.5) is 5.69 Å². The van der Waals surface area contributed by atoms with Crippen molar-refractivity contribution in [1.82, 2.24) is 4.31 Å². The van der Waals surface area contributed by atoms with Gasteiger partial charge in [0.2, 0.25) is 15.9 Å². The lowest BCUT2D eigenvalue weighted by Crippen LogP contribution is -2.31. The molecular weight excluding hydrogens is 326 g/mol. The van der Waals surface area contributed by atoms with Crippen molar-refractivity contribution in [3.63, 3.8) is 0 Å². The molecule has 1 aromatic rings. The molecule has 0 saturated heterocycles. The van der Waals surface area contributed by atoms with Gasteiger partial charge in [0.15, 0.2) is 0 Å². The number of rotatable bonds is 7. The zero-order valence-electron chi connectivity index (χ0n) is 13.1. The van der Waals surface area contributed by atoms with Gasteiger partial charge in [0, 0.05) is 31.7 Å². The molecule has 8 heteroatoms. The van der Waals surface area contributed by atoms with Crippen LogP contribution in [0.2, 0.25) is 0 Å². The van der Waals surface area contributed by atoms with Crippen molar-refractivity contribution in [3.8, 4) is 0 Å². The molecule has 0 unspecified atom stereocenters. The largest absolute Gasteiger partial charge is 0.330 e. The van der Waals surface area contributed by atoms with Crippen LogP contribution in [-0.4, -0.2) is 38.3 Å². The summed E-state index contributed by atoms with van der Waals surface area (Å²) in [5, 5.41) is 2.66. The summed E-state index contributed by atoms with van der Waals surface area (Å²) in [6.07, 6.45) is 0.200. The first kappa shape index (κ1) is 20.9. The number of hydrogen-bond acceptors (Lipinski definition) is 4. The van der Waals surface area contributed by atoms with E-state index in [-0.39, 0.29) is 36.2 Å². The SMILES string of the molecule is CCN(CC)S(=O)(=O)c1cc(NC(=O)CCN)ccc1C.Cl. The molecule has 1 amide bonds. The van der Waals surface area contributed by atoms with E-state index >= 15 is 0 Å². The monoisotopic (exact) mass is 349 g/mol. The number of carbonyl (C=O) groups excluding carboxylic acids is 1. The lowest BCUT2D eigenvalue weighted by molar-refractivity contribution is -0.116. The Morgan fingerprint density at radius 3 is 2.36 bits per heavy atom. The highest BCUT2D eigenvalue weighted by Crippen LogP contribution is 2.23. The van der Waals surface area contributed by atoms with E-state index in [1.165, 1.54) is 10.4 Å².